The minimum Gasteiger partial charge on any atom is -0.370 e. The Kier molecular flexibility index (Phi) is 10.4. The molecule has 29 heavy (non-hydrogen) atoms. The summed E-state index contributed by atoms with van der Waals surface area (Å²) >= 11 is 0. The Balaban J connectivity index is 2.81. The van der Waals surface area contributed by atoms with E-state index in [9.17, 15) is 14.4 Å². The van der Waals surface area contributed by atoms with Crippen LogP contribution in [0.2, 0.25) is 0 Å². The fraction of sp³-hybridized carbons (Fsp3) is 0.500. The van der Waals surface area contributed by atoms with Crippen LogP contribution in [0.4, 0.5) is 0 Å². The maximum Gasteiger partial charge on any atom is 0.243 e. The third-order valence-electron chi connectivity index (χ3n) is 4.40. The average molecular weight is 405 g/mol. The van der Waals surface area contributed by atoms with Gasteiger partial charge in [0, 0.05) is 13.0 Å². The third-order valence-corrected chi connectivity index (χ3v) is 4.40. The number of benzene rings is 1. The molecule has 0 spiro atoms. The number of carbonyl (C=O) groups is 3. The highest BCUT2D eigenvalue weighted by Gasteiger charge is 2.26. The van der Waals surface area contributed by atoms with Gasteiger partial charge in [0.25, 0.3) is 0 Å². The second-order valence-corrected chi connectivity index (χ2v) is 7.22. The van der Waals surface area contributed by atoms with E-state index in [4.69, 9.17) is 17.2 Å². The molecule has 0 heterocycles. The van der Waals surface area contributed by atoms with Gasteiger partial charge >= 0.3 is 0 Å². The number of rotatable bonds is 12. The number of hydrogen-bond acceptors (Lipinski definition) is 5. The Morgan fingerprint density at radius 1 is 1.10 bits per heavy atom. The molecule has 1 aromatic rings. The molecule has 0 bridgehead atoms. The first-order valence-electron chi connectivity index (χ1n) is 9.65. The van der Waals surface area contributed by atoms with Crippen molar-refractivity contribution in [3.05, 3.63) is 35.9 Å². The largest absolute Gasteiger partial charge is 0.370 e. The molecule has 9 nitrogen and oxygen atoms in total. The molecule has 0 aliphatic heterocycles. The zero-order valence-corrected chi connectivity index (χ0v) is 17.0. The second-order valence-electron chi connectivity index (χ2n) is 7.22. The molecule has 0 aliphatic rings. The van der Waals surface area contributed by atoms with Gasteiger partial charge in [0.2, 0.25) is 11.8 Å². The Labute approximate surface area is 171 Å². The maximum absolute atomic E-state index is 12.8. The van der Waals surface area contributed by atoms with E-state index in [0.717, 1.165) is 5.56 Å². The van der Waals surface area contributed by atoms with Crippen LogP contribution < -0.4 is 27.8 Å². The summed E-state index contributed by atoms with van der Waals surface area (Å²) in [7, 11) is 0. The minimum atomic E-state index is -0.852. The second kappa shape index (κ2) is 12.5. The van der Waals surface area contributed by atoms with Crippen LogP contribution in [-0.4, -0.2) is 48.7 Å². The molecule has 0 aliphatic carbocycles. The van der Waals surface area contributed by atoms with E-state index in [0.29, 0.717) is 25.7 Å². The fourth-order valence-corrected chi connectivity index (χ4v) is 2.61. The Hall–Kier alpha value is -2.94. The van der Waals surface area contributed by atoms with Gasteiger partial charge in [0.1, 0.15) is 12.3 Å². The molecule has 0 radical (unpaired) electrons. The van der Waals surface area contributed by atoms with E-state index in [1.54, 1.807) is 0 Å². The van der Waals surface area contributed by atoms with Gasteiger partial charge in [0.05, 0.1) is 12.1 Å². The van der Waals surface area contributed by atoms with Crippen LogP contribution in [0.1, 0.15) is 32.3 Å². The average Bonchev–Trinajstić information content (AvgIpc) is 2.69. The highest BCUT2D eigenvalue weighted by Crippen LogP contribution is 2.06. The fourth-order valence-electron chi connectivity index (χ4n) is 2.61. The van der Waals surface area contributed by atoms with Crippen molar-refractivity contribution in [1.29, 1.82) is 0 Å². The molecule has 1 rings (SSSR count). The summed E-state index contributed by atoms with van der Waals surface area (Å²) in [5.41, 5.74) is 17.3. The van der Waals surface area contributed by atoms with Gasteiger partial charge < -0.3 is 32.6 Å². The lowest BCUT2D eigenvalue weighted by molar-refractivity contribution is -0.131. The summed E-state index contributed by atoms with van der Waals surface area (Å²) in [6.07, 6.45) is 1.84. The van der Waals surface area contributed by atoms with Gasteiger partial charge in [-0.2, -0.15) is 0 Å². The Bertz CT molecular complexity index is 689. The highest BCUT2D eigenvalue weighted by molar-refractivity contribution is 5.91. The lowest BCUT2D eigenvalue weighted by Crippen LogP contribution is -2.55. The van der Waals surface area contributed by atoms with Crippen LogP contribution in [0.25, 0.3) is 0 Å². The number of guanidine groups is 1. The van der Waals surface area contributed by atoms with Crippen LogP contribution in [-0.2, 0) is 20.8 Å². The van der Waals surface area contributed by atoms with Gasteiger partial charge in [-0.1, -0.05) is 44.2 Å². The monoisotopic (exact) mass is 404 g/mol. The first-order chi connectivity index (χ1) is 13.7. The van der Waals surface area contributed by atoms with Crippen LogP contribution in [0.15, 0.2) is 35.3 Å². The van der Waals surface area contributed by atoms with Gasteiger partial charge in [0.15, 0.2) is 5.96 Å². The maximum atomic E-state index is 12.8. The van der Waals surface area contributed by atoms with Crippen LogP contribution in [0.5, 0.6) is 0 Å². The molecule has 0 saturated carbocycles. The van der Waals surface area contributed by atoms with Crippen molar-refractivity contribution < 1.29 is 14.4 Å². The van der Waals surface area contributed by atoms with Crippen molar-refractivity contribution in [3.63, 3.8) is 0 Å². The highest BCUT2D eigenvalue weighted by atomic mass is 16.2. The SMILES string of the molecule is CC(C)[C@H](N)C(=O)N[C@H](Cc1ccccc1)C(=O)N[C@H](C=O)CCCN=C(N)N. The molecule has 0 aromatic heterocycles. The molecule has 1 aromatic carbocycles. The van der Waals surface area contributed by atoms with Gasteiger partial charge in [-0.05, 0) is 24.3 Å². The third kappa shape index (κ3) is 9.20. The number of aldehydes is 1. The number of nitrogens with one attached hydrogen (secondary N) is 2. The zero-order chi connectivity index (χ0) is 21.8. The van der Waals surface area contributed by atoms with Gasteiger partial charge in [-0.3, -0.25) is 14.6 Å². The van der Waals surface area contributed by atoms with E-state index >= 15 is 0 Å². The van der Waals surface area contributed by atoms with Crippen molar-refractivity contribution in [3.8, 4) is 0 Å². The van der Waals surface area contributed by atoms with Gasteiger partial charge in [-0.15, -0.1) is 0 Å². The predicted octanol–water partition coefficient (Wildman–Crippen LogP) is -0.565. The molecule has 3 atom stereocenters. The summed E-state index contributed by atoms with van der Waals surface area (Å²) in [6, 6.07) is 7.00. The minimum absolute atomic E-state index is 0.0242. The smallest absolute Gasteiger partial charge is 0.243 e. The first-order valence-corrected chi connectivity index (χ1v) is 9.65. The molecule has 160 valence electrons. The van der Waals surface area contributed by atoms with Gasteiger partial charge in [-0.25, -0.2) is 0 Å². The molecule has 0 fully saturated rings. The molecule has 2 amide bonds. The number of hydrogen-bond donors (Lipinski definition) is 5. The Morgan fingerprint density at radius 2 is 1.76 bits per heavy atom. The van der Waals surface area contributed by atoms with Crippen LogP contribution >= 0.6 is 0 Å². The zero-order valence-electron chi connectivity index (χ0n) is 17.0. The van der Waals surface area contributed by atoms with E-state index in [1.165, 1.54) is 0 Å². The molecule has 0 unspecified atom stereocenters. The first kappa shape index (κ1) is 24.1. The number of nitrogens with two attached hydrogens (primary N) is 3. The number of nitrogens with zero attached hydrogens (tertiary/aromatic N) is 1. The van der Waals surface area contributed by atoms with Crippen molar-refractivity contribution in [2.75, 3.05) is 6.54 Å². The molecule has 9 heteroatoms. The van der Waals surface area contributed by atoms with Crippen LogP contribution in [0.3, 0.4) is 0 Å². The lowest BCUT2D eigenvalue weighted by Gasteiger charge is -2.23. The Morgan fingerprint density at radius 3 is 2.31 bits per heavy atom. The number of aliphatic imine (C=N–C) groups is 1. The van der Waals surface area contributed by atoms with Crippen molar-refractivity contribution in [2.45, 2.75) is 51.2 Å². The number of carbonyl (C=O) groups excluding carboxylic acids is 3. The predicted molar refractivity (Wildman–Crippen MR) is 113 cm³/mol. The van der Waals surface area contributed by atoms with Crippen molar-refractivity contribution >= 4 is 24.1 Å². The van der Waals surface area contributed by atoms with Crippen LogP contribution in [0, 0.1) is 5.92 Å². The summed E-state index contributed by atoms with van der Waals surface area (Å²) in [5.74, 6) is -0.957. The van der Waals surface area contributed by atoms with E-state index in [2.05, 4.69) is 15.6 Å². The van der Waals surface area contributed by atoms with E-state index < -0.39 is 29.9 Å². The summed E-state index contributed by atoms with van der Waals surface area (Å²) in [4.78, 5) is 40.4. The molecule has 8 N–H and O–H groups in total. The summed E-state index contributed by atoms with van der Waals surface area (Å²) in [6.45, 7) is 4.01. The molecular weight excluding hydrogens is 372 g/mol. The van der Waals surface area contributed by atoms with E-state index in [1.807, 2.05) is 44.2 Å². The summed E-state index contributed by atoms with van der Waals surface area (Å²) < 4.78 is 0. The topological polar surface area (TPSA) is 166 Å². The van der Waals surface area contributed by atoms with E-state index in [-0.39, 0.29) is 18.3 Å². The molecule has 0 saturated heterocycles. The lowest BCUT2D eigenvalue weighted by atomic mass is 10.0. The molecular formula is C20H32N6O3. The van der Waals surface area contributed by atoms with Crippen molar-refractivity contribution in [2.24, 2.45) is 28.1 Å². The number of amides is 2. The quantitative estimate of drug-likeness (QED) is 0.135. The van der Waals surface area contributed by atoms with Crippen molar-refractivity contribution in [1.82, 2.24) is 10.6 Å². The standard InChI is InChI=1S/C20H32N6O3/c1-13(2)17(21)19(29)26-16(11-14-7-4-3-5-8-14)18(28)25-15(12-27)9-6-10-24-20(22)23/h3-5,7-8,12-13,15-17H,6,9-11,21H2,1-2H3,(H,25,28)(H,26,29)(H4,22,23,24)/t15-,16+,17-/m0/s1. The summed E-state index contributed by atoms with van der Waals surface area (Å²) in [5, 5.41) is 5.39. The normalized spacial score (nSPS) is 13.8.